The van der Waals surface area contributed by atoms with Gasteiger partial charge < -0.3 is 15.0 Å². The fourth-order valence-electron chi connectivity index (χ4n) is 2.53. The summed E-state index contributed by atoms with van der Waals surface area (Å²) in [5.41, 5.74) is 1.39. The Bertz CT molecular complexity index is 560. The maximum absolute atomic E-state index is 10.5. The second-order valence-corrected chi connectivity index (χ2v) is 5.62. The van der Waals surface area contributed by atoms with Gasteiger partial charge in [0.2, 0.25) is 0 Å². The molecule has 1 aromatic heterocycles. The number of likely N-dealkylation sites (N-methyl/N-ethyl adjacent to an activating group) is 1. The van der Waals surface area contributed by atoms with Crippen LogP contribution < -0.4 is 5.32 Å². The smallest absolute Gasteiger partial charge is 0.112 e. The summed E-state index contributed by atoms with van der Waals surface area (Å²) in [5.74, 6) is 0.968. The first-order valence-corrected chi connectivity index (χ1v) is 7.44. The molecular formula is C16H25N3O. The first-order valence-electron chi connectivity index (χ1n) is 7.44. The van der Waals surface area contributed by atoms with E-state index in [1.165, 1.54) is 0 Å². The summed E-state index contributed by atoms with van der Waals surface area (Å²) >= 11 is 0. The van der Waals surface area contributed by atoms with Crippen LogP contribution in [0.4, 0.5) is 0 Å². The van der Waals surface area contributed by atoms with Crippen LogP contribution in [0.5, 0.6) is 0 Å². The van der Waals surface area contributed by atoms with E-state index in [2.05, 4.69) is 22.9 Å². The highest BCUT2D eigenvalue weighted by molar-refractivity contribution is 5.75. The Balaban J connectivity index is 2.30. The van der Waals surface area contributed by atoms with E-state index in [9.17, 15) is 5.11 Å². The van der Waals surface area contributed by atoms with Crippen LogP contribution in [-0.2, 0) is 13.0 Å². The molecule has 2 aromatic rings. The lowest BCUT2D eigenvalue weighted by Gasteiger charge is -2.23. The summed E-state index contributed by atoms with van der Waals surface area (Å²) in [7, 11) is 0. The van der Waals surface area contributed by atoms with Crippen LogP contribution in [-0.4, -0.2) is 33.3 Å². The number of hydrogen-bond acceptors (Lipinski definition) is 3. The van der Waals surface area contributed by atoms with Crippen LogP contribution in [0.25, 0.3) is 11.0 Å². The maximum Gasteiger partial charge on any atom is 0.112 e. The number of imidazole rings is 1. The molecule has 0 fully saturated rings. The fourth-order valence-corrected chi connectivity index (χ4v) is 2.53. The highest BCUT2D eigenvalue weighted by Gasteiger charge is 2.24. The third-order valence-electron chi connectivity index (χ3n) is 3.48. The Hall–Kier alpha value is -1.39. The summed E-state index contributed by atoms with van der Waals surface area (Å²) in [6.07, 6.45) is 1.62. The molecule has 0 aliphatic carbocycles. The van der Waals surface area contributed by atoms with Gasteiger partial charge in [-0.1, -0.05) is 26.0 Å². The number of aryl methyl sites for hydroxylation is 1. The molecule has 2 N–H and O–H groups in total. The second kappa shape index (κ2) is 6.37. The van der Waals surface area contributed by atoms with E-state index in [1.54, 1.807) is 0 Å². The van der Waals surface area contributed by atoms with Gasteiger partial charge in [-0.15, -0.1) is 0 Å². The van der Waals surface area contributed by atoms with Crippen molar-refractivity contribution in [3.05, 3.63) is 30.1 Å². The molecule has 0 saturated carbocycles. The predicted octanol–water partition coefficient (Wildman–Crippen LogP) is 2.35. The first-order chi connectivity index (χ1) is 9.57. The van der Waals surface area contributed by atoms with Crippen LogP contribution in [0.2, 0.25) is 0 Å². The zero-order chi connectivity index (χ0) is 14.6. The van der Waals surface area contributed by atoms with Crippen LogP contribution in [0.1, 0.15) is 33.0 Å². The van der Waals surface area contributed by atoms with Gasteiger partial charge in [0.1, 0.15) is 5.82 Å². The minimum atomic E-state index is -0.775. The van der Waals surface area contributed by atoms with Crippen molar-refractivity contribution in [2.24, 2.45) is 0 Å². The average molecular weight is 275 g/mol. The lowest BCUT2D eigenvalue weighted by Crippen LogP contribution is -2.40. The summed E-state index contributed by atoms with van der Waals surface area (Å²) in [4.78, 5) is 4.70. The van der Waals surface area contributed by atoms with Crippen molar-refractivity contribution in [1.82, 2.24) is 14.9 Å². The Morgan fingerprint density at radius 1 is 1.30 bits per heavy atom. The largest absolute Gasteiger partial charge is 0.388 e. The number of para-hydroxylation sites is 2. The molecule has 1 atom stereocenters. The molecule has 1 unspecified atom stereocenters. The van der Waals surface area contributed by atoms with Crippen molar-refractivity contribution in [3.63, 3.8) is 0 Å². The molecule has 0 spiro atoms. The molecule has 0 saturated heterocycles. The van der Waals surface area contributed by atoms with E-state index in [4.69, 9.17) is 4.98 Å². The van der Waals surface area contributed by atoms with Gasteiger partial charge in [0.05, 0.1) is 16.6 Å². The van der Waals surface area contributed by atoms with E-state index < -0.39 is 5.60 Å². The highest BCUT2D eigenvalue weighted by atomic mass is 16.3. The average Bonchev–Trinajstić information content (AvgIpc) is 2.74. The zero-order valence-corrected chi connectivity index (χ0v) is 12.7. The van der Waals surface area contributed by atoms with Crippen LogP contribution in [0, 0.1) is 0 Å². The number of hydrogen-bond donors (Lipinski definition) is 2. The van der Waals surface area contributed by atoms with Gasteiger partial charge in [-0.05, 0) is 32.0 Å². The van der Waals surface area contributed by atoms with Crippen LogP contribution >= 0.6 is 0 Å². The fraction of sp³-hybridized carbons (Fsp3) is 0.562. The van der Waals surface area contributed by atoms with E-state index in [-0.39, 0.29) is 0 Å². The molecular weight excluding hydrogens is 250 g/mol. The summed E-state index contributed by atoms with van der Waals surface area (Å²) in [6.45, 7) is 8.45. The molecule has 4 nitrogen and oxygen atoms in total. The van der Waals surface area contributed by atoms with E-state index in [0.29, 0.717) is 13.0 Å². The maximum atomic E-state index is 10.5. The Morgan fingerprint density at radius 2 is 2.05 bits per heavy atom. The summed E-state index contributed by atoms with van der Waals surface area (Å²) < 4.78 is 2.23. The quantitative estimate of drug-likeness (QED) is 0.815. The van der Waals surface area contributed by atoms with Gasteiger partial charge >= 0.3 is 0 Å². The predicted molar refractivity (Wildman–Crippen MR) is 82.9 cm³/mol. The van der Waals surface area contributed by atoms with Gasteiger partial charge in [0.15, 0.2) is 0 Å². The number of aromatic nitrogens is 2. The first kappa shape index (κ1) is 15.0. The molecule has 4 heteroatoms. The lowest BCUT2D eigenvalue weighted by molar-refractivity contribution is 0.0579. The van der Waals surface area contributed by atoms with Gasteiger partial charge in [-0.2, -0.15) is 0 Å². The molecule has 2 rings (SSSR count). The van der Waals surface area contributed by atoms with Gasteiger partial charge in [0, 0.05) is 19.5 Å². The molecule has 0 radical (unpaired) electrons. The molecule has 20 heavy (non-hydrogen) atoms. The highest BCUT2D eigenvalue weighted by Crippen LogP contribution is 2.20. The normalized spacial score (nSPS) is 14.6. The van der Waals surface area contributed by atoms with Gasteiger partial charge in [0.25, 0.3) is 0 Å². The molecule has 0 aliphatic heterocycles. The van der Waals surface area contributed by atoms with Crippen molar-refractivity contribution in [3.8, 4) is 0 Å². The molecule has 1 heterocycles. The molecule has 0 bridgehead atoms. The monoisotopic (exact) mass is 275 g/mol. The van der Waals surface area contributed by atoms with Crippen molar-refractivity contribution in [2.45, 2.75) is 45.8 Å². The number of benzene rings is 1. The van der Waals surface area contributed by atoms with Gasteiger partial charge in [-0.25, -0.2) is 4.98 Å². The molecule has 0 amide bonds. The van der Waals surface area contributed by atoms with Crippen molar-refractivity contribution < 1.29 is 5.11 Å². The summed E-state index contributed by atoms with van der Waals surface area (Å²) in [6, 6.07) is 8.17. The van der Waals surface area contributed by atoms with Crippen LogP contribution in [0.3, 0.4) is 0 Å². The molecule has 1 aromatic carbocycles. The number of nitrogens with zero attached hydrogens (tertiary/aromatic N) is 2. The third-order valence-corrected chi connectivity index (χ3v) is 3.48. The molecule has 110 valence electrons. The van der Waals surface area contributed by atoms with E-state index >= 15 is 0 Å². The summed E-state index contributed by atoms with van der Waals surface area (Å²) in [5, 5.41) is 13.7. The number of rotatable bonds is 7. The standard InChI is InChI=1S/C16H25N3O/c1-4-10-19-14-9-7-6-8-13(14)18-15(19)11-16(3,20)12-17-5-2/h6-9,17,20H,4-5,10-12H2,1-3H3. The lowest BCUT2D eigenvalue weighted by atomic mass is 10.0. The topological polar surface area (TPSA) is 50.1 Å². The molecule has 0 aliphatic rings. The minimum Gasteiger partial charge on any atom is -0.388 e. The van der Waals surface area contributed by atoms with Crippen LogP contribution in [0.15, 0.2) is 24.3 Å². The Labute approximate surface area is 120 Å². The zero-order valence-electron chi connectivity index (χ0n) is 12.7. The SMILES string of the molecule is CCCn1c(CC(C)(O)CNCC)nc2ccccc21. The van der Waals surface area contributed by atoms with E-state index in [0.717, 1.165) is 36.4 Å². The minimum absolute atomic E-state index is 0.564. The number of aliphatic hydroxyl groups is 1. The number of fused-ring (bicyclic) bond motifs is 1. The van der Waals surface area contributed by atoms with Crippen molar-refractivity contribution >= 4 is 11.0 Å². The van der Waals surface area contributed by atoms with E-state index in [1.807, 2.05) is 32.0 Å². The van der Waals surface area contributed by atoms with Crippen molar-refractivity contribution in [2.75, 3.05) is 13.1 Å². The Morgan fingerprint density at radius 3 is 2.75 bits per heavy atom. The second-order valence-electron chi connectivity index (χ2n) is 5.62. The number of nitrogens with one attached hydrogen (secondary N) is 1. The third kappa shape index (κ3) is 3.38. The van der Waals surface area contributed by atoms with Crippen molar-refractivity contribution in [1.29, 1.82) is 0 Å². The van der Waals surface area contributed by atoms with Gasteiger partial charge in [-0.3, -0.25) is 0 Å². The Kier molecular flexibility index (Phi) is 4.78.